The predicted molar refractivity (Wildman–Crippen MR) is 101 cm³/mol. The molecule has 27 heavy (non-hydrogen) atoms. The lowest BCUT2D eigenvalue weighted by Crippen LogP contribution is -2.03. The summed E-state index contributed by atoms with van der Waals surface area (Å²) >= 11 is 1.42. The topological polar surface area (TPSA) is 100 Å². The average molecular weight is 390 g/mol. The number of aryl methyl sites for hydroxylation is 1. The highest BCUT2D eigenvalue weighted by Crippen LogP contribution is 2.41. The van der Waals surface area contributed by atoms with Crippen LogP contribution in [0.25, 0.3) is 0 Å². The van der Waals surface area contributed by atoms with Gasteiger partial charge in [-0.05, 0) is 30.9 Å². The highest BCUT2D eigenvalue weighted by Gasteiger charge is 2.27. The maximum absolute atomic E-state index is 12.2. The standard InChI is InChI=1S/C18H18N2O6S/c1-24-13-7-10(12(20(22)23)8-14(13)25-2)9-19-17-16(18(21)26-3)11-5-4-6-15(11)27-17/h7-9H,4-6H2,1-3H3. The minimum Gasteiger partial charge on any atom is -0.493 e. The summed E-state index contributed by atoms with van der Waals surface area (Å²) in [5.74, 6) is 0.168. The molecule has 0 unspecified atom stereocenters. The van der Waals surface area contributed by atoms with Gasteiger partial charge in [0, 0.05) is 11.1 Å². The van der Waals surface area contributed by atoms with Gasteiger partial charge in [0.15, 0.2) is 11.5 Å². The second-order valence-electron chi connectivity index (χ2n) is 5.81. The van der Waals surface area contributed by atoms with E-state index in [0.717, 1.165) is 29.7 Å². The van der Waals surface area contributed by atoms with Crippen LogP contribution in [-0.4, -0.2) is 38.4 Å². The van der Waals surface area contributed by atoms with E-state index in [4.69, 9.17) is 14.2 Å². The van der Waals surface area contributed by atoms with E-state index in [1.165, 1.54) is 51.0 Å². The summed E-state index contributed by atoms with van der Waals surface area (Å²) in [5, 5.41) is 11.9. The van der Waals surface area contributed by atoms with Crippen molar-refractivity contribution in [1.82, 2.24) is 0 Å². The Morgan fingerprint density at radius 3 is 2.56 bits per heavy atom. The molecular formula is C18H18N2O6S. The van der Waals surface area contributed by atoms with E-state index in [1.54, 1.807) is 0 Å². The molecule has 1 aromatic carbocycles. The lowest BCUT2D eigenvalue weighted by Gasteiger charge is -2.08. The molecule has 0 fully saturated rings. The number of nitrogens with zero attached hydrogens (tertiary/aromatic N) is 2. The minimum absolute atomic E-state index is 0.167. The number of methoxy groups -OCH3 is 3. The molecular weight excluding hydrogens is 372 g/mol. The Balaban J connectivity index is 2.07. The fourth-order valence-electron chi connectivity index (χ4n) is 3.07. The normalized spacial score (nSPS) is 12.9. The number of ether oxygens (including phenoxy) is 3. The summed E-state index contributed by atoms with van der Waals surface area (Å²) in [4.78, 5) is 28.6. The third-order valence-corrected chi connectivity index (χ3v) is 5.54. The van der Waals surface area contributed by atoms with Gasteiger partial charge in [-0.2, -0.15) is 0 Å². The van der Waals surface area contributed by atoms with Gasteiger partial charge in [0.25, 0.3) is 5.69 Å². The van der Waals surface area contributed by atoms with E-state index in [9.17, 15) is 14.9 Å². The number of thiophene rings is 1. The summed E-state index contributed by atoms with van der Waals surface area (Å²) in [6, 6.07) is 2.77. The third kappa shape index (κ3) is 3.50. The van der Waals surface area contributed by atoms with Crippen LogP contribution in [0.4, 0.5) is 10.7 Å². The summed E-state index contributed by atoms with van der Waals surface area (Å²) in [6.45, 7) is 0. The van der Waals surface area contributed by atoms with Gasteiger partial charge in [-0.15, -0.1) is 11.3 Å². The van der Waals surface area contributed by atoms with E-state index < -0.39 is 10.9 Å². The first-order valence-corrected chi connectivity index (χ1v) is 8.99. The Morgan fingerprint density at radius 1 is 1.22 bits per heavy atom. The molecule has 0 saturated carbocycles. The number of esters is 1. The maximum atomic E-state index is 12.2. The Morgan fingerprint density at radius 2 is 1.93 bits per heavy atom. The SMILES string of the molecule is COC(=O)c1c(N=Cc2cc(OC)c(OC)cc2[N+](=O)[O-])sc2c1CCC2. The lowest BCUT2D eigenvalue weighted by atomic mass is 10.1. The molecule has 0 saturated heterocycles. The number of aliphatic imine (C=N–C) groups is 1. The van der Waals surface area contributed by atoms with Gasteiger partial charge in [0.1, 0.15) is 5.00 Å². The molecule has 0 atom stereocenters. The lowest BCUT2D eigenvalue weighted by molar-refractivity contribution is -0.385. The number of fused-ring (bicyclic) bond motifs is 1. The van der Waals surface area contributed by atoms with Gasteiger partial charge in [-0.3, -0.25) is 10.1 Å². The van der Waals surface area contributed by atoms with Crippen LogP contribution in [0, 0.1) is 10.1 Å². The van der Waals surface area contributed by atoms with Crippen molar-refractivity contribution in [2.24, 2.45) is 4.99 Å². The summed E-state index contributed by atoms with van der Waals surface area (Å²) < 4.78 is 15.2. The Labute approximate surface area is 159 Å². The third-order valence-electron chi connectivity index (χ3n) is 4.34. The molecule has 0 N–H and O–H groups in total. The van der Waals surface area contributed by atoms with Gasteiger partial charge >= 0.3 is 5.97 Å². The van der Waals surface area contributed by atoms with Crippen LogP contribution in [0.1, 0.15) is 32.8 Å². The van der Waals surface area contributed by atoms with Crippen molar-refractivity contribution in [2.45, 2.75) is 19.3 Å². The summed E-state index contributed by atoms with van der Waals surface area (Å²) in [6.07, 6.45) is 4.07. The fourth-order valence-corrected chi connectivity index (χ4v) is 4.29. The first-order chi connectivity index (χ1) is 13.0. The van der Waals surface area contributed by atoms with Gasteiger partial charge < -0.3 is 14.2 Å². The van der Waals surface area contributed by atoms with Crippen molar-refractivity contribution in [2.75, 3.05) is 21.3 Å². The monoisotopic (exact) mass is 390 g/mol. The second-order valence-corrected chi connectivity index (χ2v) is 6.89. The molecule has 3 rings (SSSR count). The van der Waals surface area contributed by atoms with Crippen LogP contribution in [0.15, 0.2) is 17.1 Å². The van der Waals surface area contributed by atoms with Crippen LogP contribution in [-0.2, 0) is 17.6 Å². The van der Waals surface area contributed by atoms with Crippen LogP contribution in [0.3, 0.4) is 0 Å². The molecule has 0 spiro atoms. The van der Waals surface area contributed by atoms with Crippen LogP contribution >= 0.6 is 11.3 Å². The van der Waals surface area contributed by atoms with E-state index in [2.05, 4.69) is 4.99 Å². The van der Waals surface area contributed by atoms with Gasteiger partial charge in [-0.1, -0.05) is 0 Å². The Kier molecular flexibility index (Phi) is 5.41. The predicted octanol–water partition coefficient (Wildman–Crippen LogP) is 3.70. The number of nitro groups is 1. The molecule has 9 heteroatoms. The van der Waals surface area contributed by atoms with E-state index in [-0.39, 0.29) is 17.0 Å². The molecule has 0 aliphatic heterocycles. The van der Waals surface area contributed by atoms with Crippen molar-refractivity contribution in [3.05, 3.63) is 43.8 Å². The molecule has 1 aliphatic rings. The van der Waals surface area contributed by atoms with Crippen LogP contribution in [0.5, 0.6) is 11.5 Å². The average Bonchev–Trinajstić information content (AvgIpc) is 3.25. The first-order valence-electron chi connectivity index (χ1n) is 8.17. The van der Waals surface area contributed by atoms with Crippen LogP contribution in [0.2, 0.25) is 0 Å². The molecule has 8 nitrogen and oxygen atoms in total. The smallest absolute Gasteiger partial charge is 0.341 e. The molecule has 0 amide bonds. The van der Waals surface area contributed by atoms with E-state index in [1.807, 2.05) is 0 Å². The van der Waals surface area contributed by atoms with Gasteiger partial charge in [0.2, 0.25) is 0 Å². The van der Waals surface area contributed by atoms with Crippen molar-refractivity contribution < 1.29 is 23.9 Å². The van der Waals surface area contributed by atoms with Crippen molar-refractivity contribution >= 4 is 34.2 Å². The minimum atomic E-state index is -0.515. The van der Waals surface area contributed by atoms with Gasteiger partial charge in [0.05, 0.1) is 43.4 Å². The van der Waals surface area contributed by atoms with E-state index >= 15 is 0 Å². The quantitative estimate of drug-likeness (QED) is 0.323. The number of carbonyl (C=O) groups excluding carboxylic acids is 1. The summed E-state index contributed by atoms with van der Waals surface area (Å²) in [5.41, 5.74) is 1.51. The number of carbonyl (C=O) groups is 1. The summed E-state index contributed by atoms with van der Waals surface area (Å²) in [7, 11) is 4.18. The van der Waals surface area contributed by atoms with Crippen molar-refractivity contribution in [3.8, 4) is 11.5 Å². The number of hydrogen-bond donors (Lipinski definition) is 0. The largest absolute Gasteiger partial charge is 0.493 e. The maximum Gasteiger partial charge on any atom is 0.341 e. The highest BCUT2D eigenvalue weighted by molar-refractivity contribution is 7.16. The molecule has 2 aromatic rings. The first kappa shape index (κ1) is 18.8. The fraction of sp³-hybridized carbons (Fsp3) is 0.333. The second kappa shape index (κ2) is 7.75. The van der Waals surface area contributed by atoms with Crippen molar-refractivity contribution in [1.29, 1.82) is 0 Å². The van der Waals surface area contributed by atoms with Gasteiger partial charge in [-0.25, -0.2) is 9.79 Å². The zero-order valence-corrected chi connectivity index (χ0v) is 15.9. The Hall–Kier alpha value is -2.94. The molecule has 142 valence electrons. The molecule has 1 heterocycles. The zero-order chi connectivity index (χ0) is 19.6. The number of rotatable bonds is 6. The van der Waals surface area contributed by atoms with Crippen molar-refractivity contribution in [3.63, 3.8) is 0 Å². The highest BCUT2D eigenvalue weighted by atomic mass is 32.1. The molecule has 0 bridgehead atoms. The number of hydrogen-bond acceptors (Lipinski definition) is 8. The zero-order valence-electron chi connectivity index (χ0n) is 15.1. The molecule has 1 aliphatic carbocycles. The number of benzene rings is 1. The Bertz CT molecular complexity index is 934. The van der Waals surface area contributed by atoms with E-state index in [0.29, 0.717) is 16.3 Å². The van der Waals surface area contributed by atoms with Crippen LogP contribution < -0.4 is 9.47 Å². The molecule has 1 aromatic heterocycles. The number of nitro benzene ring substituents is 1. The molecule has 0 radical (unpaired) electrons.